The van der Waals surface area contributed by atoms with E-state index in [0.717, 1.165) is 25.7 Å². The van der Waals surface area contributed by atoms with Crippen LogP contribution in [-0.4, -0.2) is 13.2 Å². The van der Waals surface area contributed by atoms with Crippen molar-refractivity contribution in [1.29, 1.82) is 0 Å². The summed E-state index contributed by atoms with van der Waals surface area (Å²) in [6.07, 6.45) is 3.91. The molecule has 3 nitrogen and oxygen atoms in total. The molecular formula is C16H28F2O3. The van der Waals surface area contributed by atoms with Crippen LogP contribution in [0.15, 0.2) is 23.5 Å². The molecule has 0 saturated heterocycles. The first-order valence-electron chi connectivity index (χ1n) is 7.81. The van der Waals surface area contributed by atoms with Gasteiger partial charge in [0.15, 0.2) is 11.5 Å². The Kier molecular flexibility index (Phi) is 11.7. The van der Waals surface area contributed by atoms with Crippen LogP contribution in [-0.2, 0) is 14.2 Å². The average Bonchev–Trinajstić information content (AvgIpc) is 2.48. The van der Waals surface area contributed by atoms with Crippen molar-refractivity contribution in [2.24, 2.45) is 0 Å². The van der Waals surface area contributed by atoms with Gasteiger partial charge in [0.25, 0.3) is 0 Å². The summed E-state index contributed by atoms with van der Waals surface area (Å²) in [5.74, 6) is -0.00520. The normalized spacial score (nSPS) is 13.4. The summed E-state index contributed by atoms with van der Waals surface area (Å²) in [6, 6.07) is -1.56. The fraction of sp³-hybridized carbons (Fsp3) is 0.750. The van der Waals surface area contributed by atoms with E-state index in [9.17, 15) is 8.78 Å². The Morgan fingerprint density at radius 1 is 0.714 bits per heavy atom. The molecule has 0 aromatic rings. The smallest absolute Gasteiger partial charge is 0.311 e. The molecular weight excluding hydrogens is 278 g/mol. The highest BCUT2D eigenvalue weighted by molar-refractivity contribution is 5.03. The predicted octanol–water partition coefficient (Wildman–Crippen LogP) is 5.73. The van der Waals surface area contributed by atoms with Crippen molar-refractivity contribution in [1.82, 2.24) is 0 Å². The second-order valence-electron chi connectivity index (χ2n) is 4.61. The van der Waals surface area contributed by atoms with Crippen molar-refractivity contribution in [3.63, 3.8) is 0 Å². The Morgan fingerprint density at radius 3 is 1.38 bits per heavy atom. The molecule has 124 valence electrons. The SMILES string of the molecule is CCCCOC(F)=C(CC)OC(CC)=C(F)OCCCC. The highest BCUT2D eigenvalue weighted by Crippen LogP contribution is 2.22. The van der Waals surface area contributed by atoms with Crippen molar-refractivity contribution < 1.29 is 23.0 Å². The maximum Gasteiger partial charge on any atom is 0.311 e. The Morgan fingerprint density at radius 2 is 1.10 bits per heavy atom. The highest BCUT2D eigenvalue weighted by Gasteiger charge is 2.14. The lowest BCUT2D eigenvalue weighted by Gasteiger charge is -2.13. The number of hydrogen-bond acceptors (Lipinski definition) is 3. The largest absolute Gasteiger partial charge is 0.468 e. The van der Waals surface area contributed by atoms with E-state index >= 15 is 0 Å². The lowest BCUT2D eigenvalue weighted by atomic mass is 10.3. The molecule has 0 fully saturated rings. The van der Waals surface area contributed by atoms with E-state index in [0.29, 0.717) is 0 Å². The molecule has 0 aliphatic rings. The molecule has 0 radical (unpaired) electrons. The number of ether oxygens (including phenoxy) is 3. The van der Waals surface area contributed by atoms with E-state index in [2.05, 4.69) is 0 Å². The van der Waals surface area contributed by atoms with E-state index in [4.69, 9.17) is 14.2 Å². The van der Waals surface area contributed by atoms with Crippen LogP contribution in [0.2, 0.25) is 0 Å². The van der Waals surface area contributed by atoms with Gasteiger partial charge in [0.1, 0.15) is 0 Å². The van der Waals surface area contributed by atoms with Crippen LogP contribution >= 0.6 is 0 Å². The second-order valence-corrected chi connectivity index (χ2v) is 4.61. The molecule has 0 aliphatic carbocycles. The van der Waals surface area contributed by atoms with Gasteiger partial charge in [-0.1, -0.05) is 40.5 Å². The highest BCUT2D eigenvalue weighted by atomic mass is 19.1. The molecule has 0 aromatic heterocycles. The van der Waals surface area contributed by atoms with Gasteiger partial charge in [0.2, 0.25) is 0 Å². The minimum absolute atomic E-state index is 0.00260. The first kappa shape index (κ1) is 19.7. The molecule has 0 aliphatic heterocycles. The molecule has 0 saturated carbocycles. The fourth-order valence-corrected chi connectivity index (χ4v) is 1.42. The van der Waals surface area contributed by atoms with Gasteiger partial charge < -0.3 is 14.2 Å². The maximum absolute atomic E-state index is 13.8. The zero-order valence-corrected chi connectivity index (χ0v) is 13.6. The number of rotatable bonds is 12. The van der Waals surface area contributed by atoms with Crippen molar-refractivity contribution in [2.75, 3.05) is 13.2 Å². The van der Waals surface area contributed by atoms with Crippen molar-refractivity contribution in [3.8, 4) is 0 Å². The van der Waals surface area contributed by atoms with Crippen LogP contribution in [0.1, 0.15) is 66.2 Å². The number of unbranched alkanes of at least 4 members (excludes halogenated alkanes) is 2. The fourth-order valence-electron chi connectivity index (χ4n) is 1.42. The third-order valence-electron chi connectivity index (χ3n) is 2.78. The number of halogens is 2. The van der Waals surface area contributed by atoms with Gasteiger partial charge in [0, 0.05) is 12.8 Å². The average molecular weight is 306 g/mol. The van der Waals surface area contributed by atoms with Crippen molar-refractivity contribution in [2.45, 2.75) is 66.2 Å². The Hall–Kier alpha value is -1.26. The summed E-state index contributed by atoms with van der Waals surface area (Å²) in [7, 11) is 0. The molecule has 0 rings (SSSR count). The van der Waals surface area contributed by atoms with Gasteiger partial charge in [-0.3, -0.25) is 0 Å². The van der Waals surface area contributed by atoms with Gasteiger partial charge in [-0.05, 0) is 12.8 Å². The van der Waals surface area contributed by atoms with Crippen LogP contribution in [0.3, 0.4) is 0 Å². The molecule has 0 N–H and O–H groups in total. The molecule has 5 heteroatoms. The summed E-state index contributed by atoms with van der Waals surface area (Å²) >= 11 is 0. The molecule has 0 heterocycles. The molecule has 0 atom stereocenters. The first-order chi connectivity index (χ1) is 10.1. The molecule has 0 bridgehead atoms. The minimum atomic E-state index is -0.779. The Balaban J connectivity index is 4.72. The molecule has 0 amide bonds. The van der Waals surface area contributed by atoms with E-state index in [1.165, 1.54) is 0 Å². The maximum atomic E-state index is 13.8. The summed E-state index contributed by atoms with van der Waals surface area (Å²) in [6.45, 7) is 8.00. The van der Waals surface area contributed by atoms with Gasteiger partial charge in [-0.25, -0.2) is 0 Å². The molecule has 0 spiro atoms. The van der Waals surface area contributed by atoms with Gasteiger partial charge >= 0.3 is 12.0 Å². The topological polar surface area (TPSA) is 27.7 Å². The predicted molar refractivity (Wildman–Crippen MR) is 79.7 cm³/mol. The van der Waals surface area contributed by atoms with Crippen LogP contribution in [0.4, 0.5) is 8.78 Å². The molecule has 0 unspecified atom stereocenters. The standard InChI is InChI=1S/C16H28F2O3/c1-5-9-11-19-15(17)13(7-3)21-14(8-4)16(18)20-12-10-6-2/h5-12H2,1-4H3. The quantitative estimate of drug-likeness (QED) is 0.340. The van der Waals surface area contributed by atoms with Crippen molar-refractivity contribution >= 4 is 0 Å². The minimum Gasteiger partial charge on any atom is -0.468 e. The lowest BCUT2D eigenvalue weighted by molar-refractivity contribution is 0.0908. The Labute approximate surface area is 127 Å². The summed E-state index contributed by atoms with van der Waals surface area (Å²) in [5.41, 5.74) is 0. The number of hydrogen-bond donors (Lipinski definition) is 0. The van der Waals surface area contributed by atoms with Gasteiger partial charge in [0.05, 0.1) is 13.2 Å². The van der Waals surface area contributed by atoms with E-state index in [1.807, 2.05) is 13.8 Å². The van der Waals surface area contributed by atoms with Crippen LogP contribution in [0.25, 0.3) is 0 Å². The van der Waals surface area contributed by atoms with Crippen LogP contribution < -0.4 is 0 Å². The molecule has 0 aromatic carbocycles. The van der Waals surface area contributed by atoms with E-state index in [1.54, 1.807) is 13.8 Å². The first-order valence-corrected chi connectivity index (χ1v) is 7.81. The zero-order valence-electron chi connectivity index (χ0n) is 13.6. The number of allylic oxidation sites excluding steroid dienone is 2. The molecule has 21 heavy (non-hydrogen) atoms. The van der Waals surface area contributed by atoms with Crippen molar-refractivity contribution in [3.05, 3.63) is 23.5 Å². The Bertz CT molecular complexity index is 306. The van der Waals surface area contributed by atoms with E-state index in [-0.39, 0.29) is 37.6 Å². The van der Waals surface area contributed by atoms with Gasteiger partial charge in [-0.15, -0.1) is 0 Å². The summed E-state index contributed by atoms with van der Waals surface area (Å²) < 4.78 is 42.8. The van der Waals surface area contributed by atoms with Gasteiger partial charge in [-0.2, -0.15) is 8.78 Å². The summed E-state index contributed by atoms with van der Waals surface area (Å²) in [5, 5.41) is 0. The second kappa shape index (κ2) is 12.5. The lowest BCUT2D eigenvalue weighted by Crippen LogP contribution is -2.02. The van der Waals surface area contributed by atoms with Crippen LogP contribution in [0.5, 0.6) is 0 Å². The third kappa shape index (κ3) is 8.58. The third-order valence-corrected chi connectivity index (χ3v) is 2.78. The van der Waals surface area contributed by atoms with E-state index < -0.39 is 12.0 Å². The summed E-state index contributed by atoms with van der Waals surface area (Å²) in [4.78, 5) is 0. The monoisotopic (exact) mass is 306 g/mol. The van der Waals surface area contributed by atoms with Crippen LogP contribution in [0, 0.1) is 0 Å². The zero-order chi connectivity index (χ0) is 16.1.